The molecule has 4 heteroatoms. The third-order valence-corrected chi connectivity index (χ3v) is 5.07. The van der Waals surface area contributed by atoms with Crippen LogP contribution in [0.5, 0.6) is 0 Å². The summed E-state index contributed by atoms with van der Waals surface area (Å²) >= 11 is 7.82. The van der Waals surface area contributed by atoms with Gasteiger partial charge in [-0.15, -0.1) is 0 Å². The summed E-state index contributed by atoms with van der Waals surface area (Å²) < 4.78 is 0. The van der Waals surface area contributed by atoms with E-state index in [9.17, 15) is 5.11 Å². The maximum Gasteiger partial charge on any atom is 0.0613 e. The first-order valence-electron chi connectivity index (χ1n) is 7.72. The van der Waals surface area contributed by atoms with Crippen molar-refractivity contribution >= 4 is 23.4 Å². The average molecular weight is 330 g/mol. The van der Waals surface area contributed by atoms with Gasteiger partial charge in [-0.1, -0.05) is 44.5 Å². The lowest BCUT2D eigenvalue weighted by Gasteiger charge is -2.34. The van der Waals surface area contributed by atoms with Crippen LogP contribution in [0.15, 0.2) is 24.3 Å². The van der Waals surface area contributed by atoms with Crippen molar-refractivity contribution in [3.63, 3.8) is 0 Å². The summed E-state index contributed by atoms with van der Waals surface area (Å²) in [6, 6.07) is 8.45. The van der Waals surface area contributed by atoms with Crippen molar-refractivity contribution in [1.82, 2.24) is 5.32 Å². The van der Waals surface area contributed by atoms with Crippen molar-refractivity contribution in [2.45, 2.75) is 57.4 Å². The zero-order valence-corrected chi connectivity index (χ0v) is 14.9. The van der Waals surface area contributed by atoms with Crippen LogP contribution in [-0.4, -0.2) is 29.0 Å². The van der Waals surface area contributed by atoms with E-state index in [-0.39, 0.29) is 12.1 Å². The number of hydrogen-bond acceptors (Lipinski definition) is 3. The second-order valence-corrected chi connectivity index (χ2v) is 7.42. The van der Waals surface area contributed by atoms with Gasteiger partial charge in [0.1, 0.15) is 0 Å². The molecule has 21 heavy (non-hydrogen) atoms. The van der Waals surface area contributed by atoms with Gasteiger partial charge in [-0.2, -0.15) is 11.8 Å². The molecule has 2 N–H and O–H groups in total. The molecule has 0 saturated carbocycles. The SMILES string of the molecule is CCC(CO)(CCCSCc1ccc(Cl)cc1)NC(C)C. The van der Waals surface area contributed by atoms with Gasteiger partial charge in [0.15, 0.2) is 0 Å². The van der Waals surface area contributed by atoms with E-state index in [4.69, 9.17) is 11.6 Å². The van der Waals surface area contributed by atoms with Gasteiger partial charge in [0.05, 0.1) is 6.61 Å². The van der Waals surface area contributed by atoms with Gasteiger partial charge in [0, 0.05) is 22.4 Å². The molecule has 0 aliphatic heterocycles. The number of thioether (sulfide) groups is 1. The van der Waals surface area contributed by atoms with Crippen LogP contribution in [0.1, 0.15) is 45.6 Å². The molecule has 0 spiro atoms. The molecule has 0 aromatic heterocycles. The van der Waals surface area contributed by atoms with Gasteiger partial charge in [-0.3, -0.25) is 0 Å². The van der Waals surface area contributed by atoms with Gasteiger partial charge in [0.2, 0.25) is 0 Å². The first-order valence-corrected chi connectivity index (χ1v) is 9.25. The molecule has 1 aromatic carbocycles. The minimum Gasteiger partial charge on any atom is -0.394 e. The van der Waals surface area contributed by atoms with Crippen LogP contribution in [0.25, 0.3) is 0 Å². The van der Waals surface area contributed by atoms with E-state index in [1.54, 1.807) is 0 Å². The molecule has 1 unspecified atom stereocenters. The molecule has 0 radical (unpaired) electrons. The van der Waals surface area contributed by atoms with E-state index in [0.717, 1.165) is 35.8 Å². The van der Waals surface area contributed by atoms with Crippen LogP contribution in [-0.2, 0) is 5.75 Å². The maximum absolute atomic E-state index is 9.70. The van der Waals surface area contributed by atoms with E-state index < -0.39 is 0 Å². The van der Waals surface area contributed by atoms with E-state index in [0.29, 0.717) is 6.04 Å². The highest BCUT2D eigenvalue weighted by Crippen LogP contribution is 2.21. The summed E-state index contributed by atoms with van der Waals surface area (Å²) in [6.45, 7) is 6.63. The molecule has 0 bridgehead atoms. The van der Waals surface area contributed by atoms with E-state index in [1.807, 2.05) is 23.9 Å². The van der Waals surface area contributed by atoms with Gasteiger partial charge >= 0.3 is 0 Å². The lowest BCUT2D eigenvalue weighted by molar-refractivity contribution is 0.137. The molecule has 0 amide bonds. The Balaban J connectivity index is 2.29. The van der Waals surface area contributed by atoms with Crippen molar-refractivity contribution < 1.29 is 5.11 Å². The minimum absolute atomic E-state index is 0.116. The highest BCUT2D eigenvalue weighted by molar-refractivity contribution is 7.98. The molecule has 120 valence electrons. The largest absolute Gasteiger partial charge is 0.394 e. The Kier molecular flexibility index (Phi) is 8.72. The minimum atomic E-state index is -0.116. The molecule has 2 nitrogen and oxygen atoms in total. The highest BCUT2D eigenvalue weighted by atomic mass is 35.5. The van der Waals surface area contributed by atoms with Crippen molar-refractivity contribution in [3.05, 3.63) is 34.9 Å². The summed E-state index contributed by atoms with van der Waals surface area (Å²) in [5.41, 5.74) is 1.20. The van der Waals surface area contributed by atoms with Gasteiger partial charge in [0.25, 0.3) is 0 Å². The number of rotatable bonds is 10. The Labute approximate surface area is 138 Å². The number of halogens is 1. The predicted molar refractivity (Wildman–Crippen MR) is 95.2 cm³/mol. The smallest absolute Gasteiger partial charge is 0.0613 e. The Hall–Kier alpha value is -0.220. The quantitative estimate of drug-likeness (QED) is 0.620. The zero-order chi connectivity index (χ0) is 15.7. The van der Waals surface area contributed by atoms with E-state index in [2.05, 4.69) is 38.2 Å². The standard InChI is InChI=1S/C17H28ClNOS/c1-4-17(13-20,19-14(2)3)10-5-11-21-12-15-6-8-16(18)9-7-15/h6-9,14,19-20H,4-5,10-13H2,1-3H3. The summed E-state index contributed by atoms with van der Waals surface area (Å²) in [5.74, 6) is 2.14. The van der Waals surface area contributed by atoms with E-state index >= 15 is 0 Å². The number of hydrogen-bond donors (Lipinski definition) is 2. The monoisotopic (exact) mass is 329 g/mol. The summed E-state index contributed by atoms with van der Waals surface area (Å²) in [6.07, 6.45) is 3.10. The normalized spacial score (nSPS) is 14.4. The first-order chi connectivity index (χ1) is 10.0. The van der Waals surface area contributed by atoms with Crippen LogP contribution >= 0.6 is 23.4 Å². The molecule has 0 aliphatic rings. The zero-order valence-electron chi connectivity index (χ0n) is 13.4. The second kappa shape index (κ2) is 9.73. The van der Waals surface area contributed by atoms with Crippen LogP contribution in [0, 0.1) is 0 Å². The van der Waals surface area contributed by atoms with Crippen LogP contribution in [0.2, 0.25) is 5.02 Å². The summed E-state index contributed by atoms with van der Waals surface area (Å²) in [7, 11) is 0. The third kappa shape index (κ3) is 7.05. The molecule has 1 atom stereocenters. The number of benzene rings is 1. The molecule has 0 fully saturated rings. The number of aliphatic hydroxyl groups excluding tert-OH is 1. The summed E-state index contributed by atoms with van der Waals surface area (Å²) in [5, 5.41) is 14.0. The first kappa shape index (κ1) is 18.8. The second-order valence-electron chi connectivity index (χ2n) is 5.87. The van der Waals surface area contributed by atoms with Crippen molar-refractivity contribution in [1.29, 1.82) is 0 Å². The predicted octanol–water partition coefficient (Wildman–Crippen LogP) is 4.49. The number of nitrogens with one attached hydrogen (secondary N) is 1. The van der Waals surface area contributed by atoms with Crippen molar-refractivity contribution in [2.24, 2.45) is 0 Å². The molecule has 1 rings (SSSR count). The molecule has 0 aliphatic carbocycles. The van der Waals surface area contributed by atoms with Crippen molar-refractivity contribution in [2.75, 3.05) is 12.4 Å². The lowest BCUT2D eigenvalue weighted by Crippen LogP contribution is -2.51. The average Bonchev–Trinajstić information content (AvgIpc) is 2.47. The fourth-order valence-corrected chi connectivity index (χ4v) is 3.53. The van der Waals surface area contributed by atoms with Crippen LogP contribution < -0.4 is 5.32 Å². The van der Waals surface area contributed by atoms with Gasteiger partial charge < -0.3 is 10.4 Å². The van der Waals surface area contributed by atoms with Crippen LogP contribution in [0.3, 0.4) is 0 Å². The Morgan fingerprint density at radius 3 is 2.48 bits per heavy atom. The molecule has 0 saturated heterocycles. The molecule has 1 aromatic rings. The van der Waals surface area contributed by atoms with Gasteiger partial charge in [-0.25, -0.2) is 0 Å². The lowest BCUT2D eigenvalue weighted by atomic mass is 9.91. The molecule has 0 heterocycles. The fourth-order valence-electron chi connectivity index (χ4n) is 2.48. The fraction of sp³-hybridized carbons (Fsp3) is 0.647. The third-order valence-electron chi connectivity index (χ3n) is 3.70. The van der Waals surface area contributed by atoms with Crippen molar-refractivity contribution in [3.8, 4) is 0 Å². The van der Waals surface area contributed by atoms with Gasteiger partial charge in [-0.05, 0) is 42.7 Å². The Morgan fingerprint density at radius 1 is 1.29 bits per heavy atom. The topological polar surface area (TPSA) is 32.3 Å². The maximum atomic E-state index is 9.70. The van der Waals surface area contributed by atoms with E-state index in [1.165, 1.54) is 5.56 Å². The Bertz CT molecular complexity index is 390. The molecular weight excluding hydrogens is 302 g/mol. The highest BCUT2D eigenvalue weighted by Gasteiger charge is 2.26. The number of aliphatic hydroxyl groups is 1. The summed E-state index contributed by atoms with van der Waals surface area (Å²) in [4.78, 5) is 0. The molecular formula is C17H28ClNOS. The van der Waals surface area contributed by atoms with Crippen LogP contribution in [0.4, 0.5) is 0 Å². The Morgan fingerprint density at radius 2 is 1.95 bits per heavy atom.